The molecule has 0 amide bonds. The number of hydrogen-bond acceptors (Lipinski definition) is 3. The number of benzene rings is 1. The van der Waals surface area contributed by atoms with E-state index in [1.165, 1.54) is 24.2 Å². The van der Waals surface area contributed by atoms with Crippen molar-refractivity contribution < 1.29 is 5.11 Å². The fourth-order valence-electron chi connectivity index (χ4n) is 1.97. The molecule has 3 N–H and O–H groups in total. The lowest BCUT2D eigenvalue weighted by Crippen LogP contribution is -2.35. The van der Waals surface area contributed by atoms with Gasteiger partial charge in [-0.1, -0.05) is 12.8 Å². The maximum Gasteiger partial charge on any atom is 0.115 e. The predicted molar refractivity (Wildman–Crippen MR) is 64.2 cm³/mol. The van der Waals surface area contributed by atoms with Crippen LogP contribution in [0, 0.1) is 0 Å². The molecule has 0 aromatic heterocycles. The normalized spacial score (nSPS) is 26.5. The van der Waals surface area contributed by atoms with Crippen LogP contribution >= 0.6 is 11.8 Å². The first-order valence-electron chi connectivity index (χ1n) is 5.47. The first kappa shape index (κ1) is 10.8. The topological polar surface area (TPSA) is 46.2 Å². The molecule has 0 aliphatic heterocycles. The summed E-state index contributed by atoms with van der Waals surface area (Å²) >= 11 is 1.85. The van der Waals surface area contributed by atoms with Gasteiger partial charge in [0, 0.05) is 16.2 Å². The van der Waals surface area contributed by atoms with Crippen molar-refractivity contribution in [2.45, 2.75) is 41.9 Å². The summed E-state index contributed by atoms with van der Waals surface area (Å²) in [6.45, 7) is 0. The molecule has 2 atom stereocenters. The SMILES string of the molecule is NC1CCCCC1Sc1ccc(O)cc1. The van der Waals surface area contributed by atoms with Crippen LogP contribution in [0.3, 0.4) is 0 Å². The Labute approximate surface area is 94.9 Å². The standard InChI is InChI=1S/C12H17NOS/c13-11-3-1-2-4-12(11)15-10-7-5-9(14)6-8-10/h5-8,11-12,14H,1-4,13H2. The number of rotatable bonds is 2. The van der Waals surface area contributed by atoms with Gasteiger partial charge in [-0.3, -0.25) is 0 Å². The van der Waals surface area contributed by atoms with E-state index >= 15 is 0 Å². The maximum absolute atomic E-state index is 9.18. The molecule has 1 aliphatic rings. The molecule has 82 valence electrons. The lowest BCUT2D eigenvalue weighted by molar-refractivity contribution is 0.453. The van der Waals surface area contributed by atoms with Crippen LogP contribution in [0.1, 0.15) is 25.7 Å². The van der Waals surface area contributed by atoms with E-state index in [-0.39, 0.29) is 0 Å². The molecule has 1 aromatic carbocycles. The van der Waals surface area contributed by atoms with Crippen molar-refractivity contribution in [3.8, 4) is 5.75 Å². The number of thioether (sulfide) groups is 1. The fourth-order valence-corrected chi connectivity index (χ4v) is 3.21. The van der Waals surface area contributed by atoms with Crippen molar-refractivity contribution in [1.82, 2.24) is 0 Å². The average Bonchev–Trinajstić information content (AvgIpc) is 2.25. The summed E-state index contributed by atoms with van der Waals surface area (Å²) in [5, 5.41) is 9.73. The van der Waals surface area contributed by atoms with Crippen LogP contribution in [-0.4, -0.2) is 16.4 Å². The summed E-state index contributed by atoms with van der Waals surface area (Å²) in [4.78, 5) is 1.20. The van der Waals surface area contributed by atoms with Gasteiger partial charge >= 0.3 is 0 Å². The van der Waals surface area contributed by atoms with Gasteiger partial charge in [0.1, 0.15) is 5.75 Å². The molecule has 2 rings (SSSR count). The van der Waals surface area contributed by atoms with Gasteiger partial charge in [0.05, 0.1) is 0 Å². The predicted octanol–water partition coefficient (Wildman–Crippen LogP) is 2.75. The molecule has 2 nitrogen and oxygen atoms in total. The molecule has 0 bridgehead atoms. The van der Waals surface area contributed by atoms with Gasteiger partial charge in [-0.25, -0.2) is 0 Å². The summed E-state index contributed by atoms with van der Waals surface area (Å²) in [6.07, 6.45) is 4.93. The monoisotopic (exact) mass is 223 g/mol. The Hall–Kier alpha value is -0.670. The van der Waals surface area contributed by atoms with Crippen LogP contribution < -0.4 is 5.73 Å². The molecule has 1 saturated carbocycles. The van der Waals surface area contributed by atoms with Gasteiger partial charge in [-0.15, -0.1) is 11.8 Å². The molecule has 1 aliphatic carbocycles. The third-order valence-corrected chi connectivity index (χ3v) is 4.31. The van der Waals surface area contributed by atoms with Gasteiger partial charge in [0.25, 0.3) is 0 Å². The molecule has 3 heteroatoms. The summed E-state index contributed by atoms with van der Waals surface area (Å²) in [7, 11) is 0. The van der Waals surface area contributed by atoms with Gasteiger partial charge < -0.3 is 10.8 Å². The highest BCUT2D eigenvalue weighted by Crippen LogP contribution is 2.33. The van der Waals surface area contributed by atoms with Crippen molar-refractivity contribution in [2.24, 2.45) is 5.73 Å². The summed E-state index contributed by atoms with van der Waals surface area (Å²) in [5.41, 5.74) is 6.09. The molecule has 1 fully saturated rings. The zero-order valence-electron chi connectivity index (χ0n) is 8.73. The van der Waals surface area contributed by atoms with E-state index in [4.69, 9.17) is 5.73 Å². The van der Waals surface area contributed by atoms with E-state index < -0.39 is 0 Å². The molecule has 1 aromatic rings. The van der Waals surface area contributed by atoms with Crippen LogP contribution in [0.4, 0.5) is 0 Å². The Bertz CT molecular complexity index is 312. The third-order valence-electron chi connectivity index (χ3n) is 2.88. The largest absolute Gasteiger partial charge is 0.508 e. The Balaban J connectivity index is 1.98. The first-order chi connectivity index (χ1) is 7.25. The van der Waals surface area contributed by atoms with E-state index in [0.29, 0.717) is 17.0 Å². The molecule has 2 unspecified atom stereocenters. The minimum absolute atomic E-state index is 0.326. The van der Waals surface area contributed by atoms with Crippen molar-refractivity contribution in [1.29, 1.82) is 0 Å². The van der Waals surface area contributed by atoms with Crippen LogP contribution in [0.15, 0.2) is 29.2 Å². The number of phenols is 1. The Morgan fingerprint density at radius 2 is 1.80 bits per heavy atom. The van der Waals surface area contributed by atoms with Crippen LogP contribution in [0.5, 0.6) is 5.75 Å². The first-order valence-corrected chi connectivity index (χ1v) is 6.35. The van der Waals surface area contributed by atoms with E-state index in [2.05, 4.69) is 0 Å². The van der Waals surface area contributed by atoms with Gasteiger partial charge in [-0.05, 0) is 37.1 Å². The van der Waals surface area contributed by atoms with Crippen LogP contribution in [0.25, 0.3) is 0 Å². The highest BCUT2D eigenvalue weighted by Gasteiger charge is 2.22. The number of phenolic OH excluding ortho intramolecular Hbond substituents is 1. The lowest BCUT2D eigenvalue weighted by Gasteiger charge is -2.27. The Morgan fingerprint density at radius 1 is 1.13 bits per heavy atom. The van der Waals surface area contributed by atoms with Gasteiger partial charge in [0.15, 0.2) is 0 Å². The smallest absolute Gasteiger partial charge is 0.115 e. The number of hydrogen-bond donors (Lipinski definition) is 2. The van der Waals surface area contributed by atoms with E-state index in [1.807, 2.05) is 23.9 Å². The highest BCUT2D eigenvalue weighted by atomic mass is 32.2. The van der Waals surface area contributed by atoms with E-state index in [9.17, 15) is 5.11 Å². The quantitative estimate of drug-likeness (QED) is 0.810. The zero-order chi connectivity index (χ0) is 10.7. The molecule has 15 heavy (non-hydrogen) atoms. The molecular weight excluding hydrogens is 206 g/mol. The molecule has 0 radical (unpaired) electrons. The second kappa shape index (κ2) is 4.90. The molecule has 0 spiro atoms. The molecular formula is C12H17NOS. The number of nitrogens with two attached hydrogens (primary N) is 1. The van der Waals surface area contributed by atoms with Crippen molar-refractivity contribution in [3.63, 3.8) is 0 Å². The van der Waals surface area contributed by atoms with Crippen LogP contribution in [0.2, 0.25) is 0 Å². The van der Waals surface area contributed by atoms with Crippen LogP contribution in [-0.2, 0) is 0 Å². The lowest BCUT2D eigenvalue weighted by atomic mass is 9.96. The van der Waals surface area contributed by atoms with E-state index in [0.717, 1.165) is 6.42 Å². The fraction of sp³-hybridized carbons (Fsp3) is 0.500. The summed E-state index contributed by atoms with van der Waals surface area (Å²) in [5.74, 6) is 0.326. The second-order valence-electron chi connectivity index (χ2n) is 4.10. The molecule has 0 heterocycles. The van der Waals surface area contributed by atoms with E-state index in [1.54, 1.807) is 12.1 Å². The maximum atomic E-state index is 9.18. The average molecular weight is 223 g/mol. The minimum Gasteiger partial charge on any atom is -0.508 e. The van der Waals surface area contributed by atoms with Crippen molar-refractivity contribution in [2.75, 3.05) is 0 Å². The highest BCUT2D eigenvalue weighted by molar-refractivity contribution is 8.00. The van der Waals surface area contributed by atoms with Crippen molar-refractivity contribution in [3.05, 3.63) is 24.3 Å². The summed E-state index contributed by atoms with van der Waals surface area (Å²) < 4.78 is 0. The minimum atomic E-state index is 0.326. The summed E-state index contributed by atoms with van der Waals surface area (Å²) in [6, 6.07) is 7.72. The van der Waals surface area contributed by atoms with Crippen molar-refractivity contribution >= 4 is 11.8 Å². The second-order valence-corrected chi connectivity index (χ2v) is 5.41. The van der Waals surface area contributed by atoms with Gasteiger partial charge in [0.2, 0.25) is 0 Å². The number of aromatic hydroxyl groups is 1. The third kappa shape index (κ3) is 2.89. The molecule has 0 saturated heterocycles. The van der Waals surface area contributed by atoms with Gasteiger partial charge in [-0.2, -0.15) is 0 Å². The zero-order valence-corrected chi connectivity index (χ0v) is 9.54. The Kier molecular flexibility index (Phi) is 3.54. The Morgan fingerprint density at radius 3 is 2.47 bits per heavy atom.